The highest BCUT2D eigenvalue weighted by atomic mass is 127. The van der Waals surface area contributed by atoms with Crippen molar-refractivity contribution in [2.75, 3.05) is 31.6 Å². The molecule has 0 spiro atoms. The van der Waals surface area contributed by atoms with Crippen LogP contribution in [0.4, 0.5) is 10.1 Å². The highest BCUT2D eigenvalue weighted by Crippen LogP contribution is 2.52. The van der Waals surface area contributed by atoms with Crippen molar-refractivity contribution in [1.29, 1.82) is 0 Å². The fourth-order valence-electron chi connectivity index (χ4n) is 5.42. The van der Waals surface area contributed by atoms with Gasteiger partial charge < -0.3 is 20.3 Å². The Hall–Kier alpha value is -1.09. The van der Waals surface area contributed by atoms with Gasteiger partial charge in [-0.15, -0.1) is 24.0 Å². The van der Waals surface area contributed by atoms with Crippen molar-refractivity contribution in [1.82, 2.24) is 10.6 Å². The van der Waals surface area contributed by atoms with E-state index in [-0.39, 0.29) is 35.2 Å². The Morgan fingerprint density at radius 2 is 2.07 bits per heavy atom. The third kappa shape index (κ3) is 4.36. The van der Waals surface area contributed by atoms with E-state index in [2.05, 4.69) is 34.4 Å². The number of anilines is 1. The van der Waals surface area contributed by atoms with Crippen LogP contribution in [0.1, 0.15) is 38.7 Å². The predicted molar refractivity (Wildman–Crippen MR) is 127 cm³/mol. The predicted octanol–water partition coefficient (Wildman–Crippen LogP) is 3.70. The summed E-state index contributed by atoms with van der Waals surface area (Å²) < 4.78 is 19.4. The highest BCUT2D eigenvalue weighted by Gasteiger charge is 2.59. The van der Waals surface area contributed by atoms with Gasteiger partial charge in [0.25, 0.3) is 0 Å². The number of hydrogen-bond donors (Lipinski definition) is 2. The number of aliphatic imine (C=N–C) groups is 1. The van der Waals surface area contributed by atoms with Crippen molar-refractivity contribution in [2.24, 2.45) is 16.3 Å². The summed E-state index contributed by atoms with van der Waals surface area (Å²) in [5.74, 6) is 1.29. The summed E-state index contributed by atoms with van der Waals surface area (Å²) >= 11 is 0. The lowest BCUT2D eigenvalue weighted by atomic mass is 9.57. The zero-order valence-corrected chi connectivity index (χ0v) is 20.2. The Bertz CT molecular complexity index is 756. The molecule has 4 unspecified atom stereocenters. The number of hydrogen-bond acceptors (Lipinski definition) is 3. The van der Waals surface area contributed by atoms with Gasteiger partial charge in [0.05, 0.1) is 6.10 Å². The molecule has 0 radical (unpaired) electrons. The van der Waals surface area contributed by atoms with E-state index in [9.17, 15) is 4.39 Å². The van der Waals surface area contributed by atoms with E-state index in [1.54, 1.807) is 12.1 Å². The molecule has 0 aromatic heterocycles. The SMILES string of the molecule is CN=C(NC1CCCN(c2ccc(F)cc2C)C1)NC1C2CCOC2C1(C)C.I. The lowest BCUT2D eigenvalue weighted by Gasteiger charge is -2.55. The van der Waals surface area contributed by atoms with Crippen LogP contribution in [0.25, 0.3) is 0 Å². The lowest BCUT2D eigenvalue weighted by molar-refractivity contribution is -0.106. The second kappa shape index (κ2) is 8.96. The van der Waals surface area contributed by atoms with E-state index in [1.807, 2.05) is 20.0 Å². The molecule has 5 nitrogen and oxygen atoms in total. The average Bonchev–Trinajstić information content (AvgIpc) is 3.12. The molecule has 1 saturated carbocycles. The summed E-state index contributed by atoms with van der Waals surface area (Å²) in [4.78, 5) is 6.85. The standard InChI is InChI=1S/C22H33FN4O.HI/c1-14-12-15(23)7-8-18(14)27-10-5-6-16(13-27)25-21(24-4)26-19-17-9-11-28-20(17)22(19,2)3;/h7-8,12,16-17,19-20H,5-6,9-11,13H2,1-4H3,(H2,24,25,26);1H. The molecule has 2 heterocycles. The van der Waals surface area contributed by atoms with Crippen molar-refractivity contribution in [3.8, 4) is 0 Å². The zero-order chi connectivity index (χ0) is 19.9. The van der Waals surface area contributed by atoms with Crippen LogP contribution < -0.4 is 15.5 Å². The fourth-order valence-corrected chi connectivity index (χ4v) is 5.42. The van der Waals surface area contributed by atoms with E-state index >= 15 is 0 Å². The molecule has 4 atom stereocenters. The Kier molecular flexibility index (Phi) is 6.98. The van der Waals surface area contributed by atoms with Crippen LogP contribution in [-0.2, 0) is 4.74 Å². The van der Waals surface area contributed by atoms with E-state index in [4.69, 9.17) is 4.74 Å². The highest BCUT2D eigenvalue weighted by molar-refractivity contribution is 14.0. The molecular formula is C22H34FIN4O. The van der Waals surface area contributed by atoms with Gasteiger partial charge in [-0.1, -0.05) is 13.8 Å². The summed E-state index contributed by atoms with van der Waals surface area (Å²) in [6.07, 6.45) is 3.72. The van der Waals surface area contributed by atoms with Crippen molar-refractivity contribution < 1.29 is 9.13 Å². The minimum Gasteiger partial charge on any atom is -0.377 e. The Labute approximate surface area is 190 Å². The Morgan fingerprint density at radius 1 is 1.28 bits per heavy atom. The van der Waals surface area contributed by atoms with E-state index < -0.39 is 0 Å². The number of guanidine groups is 1. The van der Waals surface area contributed by atoms with E-state index in [1.165, 1.54) is 0 Å². The van der Waals surface area contributed by atoms with Crippen LogP contribution in [0.5, 0.6) is 0 Å². The molecule has 3 aliphatic rings. The van der Waals surface area contributed by atoms with Gasteiger partial charge in [-0.25, -0.2) is 4.39 Å². The average molecular weight is 516 g/mol. The number of nitrogens with one attached hydrogen (secondary N) is 2. The van der Waals surface area contributed by atoms with Crippen molar-refractivity contribution in [2.45, 2.75) is 58.2 Å². The number of aryl methyl sites for hydroxylation is 1. The molecule has 29 heavy (non-hydrogen) atoms. The molecule has 4 rings (SSSR count). The monoisotopic (exact) mass is 516 g/mol. The van der Waals surface area contributed by atoms with Gasteiger partial charge in [0.15, 0.2) is 5.96 Å². The van der Waals surface area contributed by atoms with Gasteiger partial charge in [0, 0.05) is 55.8 Å². The number of benzene rings is 1. The third-order valence-corrected chi connectivity index (χ3v) is 6.88. The van der Waals surface area contributed by atoms with Gasteiger partial charge in [-0.05, 0) is 49.9 Å². The maximum Gasteiger partial charge on any atom is 0.191 e. The second-order valence-electron chi connectivity index (χ2n) is 9.12. The van der Waals surface area contributed by atoms with Gasteiger partial charge in [-0.3, -0.25) is 4.99 Å². The molecule has 3 fully saturated rings. The van der Waals surface area contributed by atoms with Crippen LogP contribution in [0.2, 0.25) is 0 Å². The molecule has 1 aliphatic carbocycles. The van der Waals surface area contributed by atoms with Crippen LogP contribution >= 0.6 is 24.0 Å². The van der Waals surface area contributed by atoms with Gasteiger partial charge >= 0.3 is 0 Å². The molecule has 1 aromatic rings. The summed E-state index contributed by atoms with van der Waals surface area (Å²) in [5, 5.41) is 7.31. The van der Waals surface area contributed by atoms with E-state index in [0.717, 1.165) is 56.2 Å². The number of piperidine rings is 1. The Morgan fingerprint density at radius 3 is 2.79 bits per heavy atom. The molecule has 2 aliphatic heterocycles. The summed E-state index contributed by atoms with van der Waals surface area (Å²) in [7, 11) is 1.84. The maximum absolute atomic E-state index is 13.5. The van der Waals surface area contributed by atoms with Crippen molar-refractivity contribution in [3.05, 3.63) is 29.6 Å². The van der Waals surface area contributed by atoms with Gasteiger partial charge in [0.1, 0.15) is 5.82 Å². The quantitative estimate of drug-likeness (QED) is 0.366. The summed E-state index contributed by atoms with van der Waals surface area (Å²) in [6, 6.07) is 5.79. The molecule has 2 N–H and O–H groups in total. The maximum atomic E-state index is 13.5. The normalized spacial score (nSPS) is 30.8. The first-order valence-electron chi connectivity index (χ1n) is 10.5. The molecular weight excluding hydrogens is 482 g/mol. The minimum absolute atomic E-state index is 0. The smallest absolute Gasteiger partial charge is 0.191 e. The first-order valence-corrected chi connectivity index (χ1v) is 10.5. The minimum atomic E-state index is -0.171. The molecule has 2 saturated heterocycles. The zero-order valence-electron chi connectivity index (χ0n) is 17.9. The van der Waals surface area contributed by atoms with E-state index in [0.29, 0.717) is 24.1 Å². The number of fused-ring (bicyclic) bond motifs is 1. The van der Waals surface area contributed by atoms with Crippen LogP contribution in [0, 0.1) is 24.1 Å². The lowest BCUT2D eigenvalue weighted by Crippen LogP contribution is -2.68. The number of nitrogens with zero attached hydrogens (tertiary/aromatic N) is 2. The van der Waals surface area contributed by atoms with Crippen LogP contribution in [-0.4, -0.2) is 50.9 Å². The topological polar surface area (TPSA) is 48.9 Å². The largest absolute Gasteiger partial charge is 0.377 e. The van der Waals surface area contributed by atoms with Crippen LogP contribution in [0.15, 0.2) is 23.2 Å². The molecule has 7 heteroatoms. The molecule has 0 amide bonds. The third-order valence-electron chi connectivity index (χ3n) is 6.88. The van der Waals surface area contributed by atoms with Gasteiger partial charge in [0.2, 0.25) is 0 Å². The summed E-state index contributed by atoms with van der Waals surface area (Å²) in [6.45, 7) is 9.32. The number of ether oxygens (including phenoxy) is 1. The molecule has 0 bridgehead atoms. The number of halogens is 2. The first-order chi connectivity index (χ1) is 13.4. The first kappa shape index (κ1) is 22.6. The van der Waals surface area contributed by atoms with Gasteiger partial charge in [-0.2, -0.15) is 0 Å². The molecule has 1 aromatic carbocycles. The van der Waals surface area contributed by atoms with Crippen molar-refractivity contribution >= 4 is 35.6 Å². The van der Waals surface area contributed by atoms with Crippen LogP contribution in [0.3, 0.4) is 0 Å². The van der Waals surface area contributed by atoms with Crippen molar-refractivity contribution in [3.63, 3.8) is 0 Å². The Balaban J connectivity index is 0.00000240. The fraction of sp³-hybridized carbons (Fsp3) is 0.682. The summed E-state index contributed by atoms with van der Waals surface area (Å²) in [5.41, 5.74) is 2.25. The molecule has 162 valence electrons. The number of rotatable bonds is 3. The second-order valence-corrected chi connectivity index (χ2v) is 9.12.